The molecule has 0 radical (unpaired) electrons. The van der Waals surface area contributed by atoms with Gasteiger partial charge in [-0.05, 0) is 42.5 Å². The van der Waals surface area contributed by atoms with Gasteiger partial charge >= 0.3 is 0 Å². The maximum atomic E-state index is 12.4. The van der Waals surface area contributed by atoms with Crippen LogP contribution in [-0.2, 0) is 11.2 Å². The first kappa shape index (κ1) is 16.0. The molecule has 0 spiro atoms. The number of hydrogen-bond donors (Lipinski definition) is 1. The van der Waals surface area contributed by atoms with Crippen molar-refractivity contribution in [1.82, 2.24) is 10.1 Å². The number of nitrogens with zero attached hydrogens (tertiary/aromatic N) is 2. The van der Waals surface area contributed by atoms with Crippen LogP contribution in [0.5, 0.6) is 0 Å². The molecule has 0 atom stereocenters. The number of thiophene rings is 1. The van der Waals surface area contributed by atoms with Crippen molar-refractivity contribution in [2.45, 2.75) is 20.3 Å². The molecule has 0 bridgehead atoms. The van der Waals surface area contributed by atoms with E-state index in [1.54, 1.807) is 11.3 Å². The van der Waals surface area contributed by atoms with E-state index in [2.05, 4.69) is 21.5 Å². The molecular weight excluding hydrogens is 354 g/mol. The third kappa shape index (κ3) is 3.20. The van der Waals surface area contributed by atoms with Gasteiger partial charge in [-0.2, -0.15) is 0 Å². The largest absolute Gasteiger partial charge is 0.356 e. The first-order valence-corrected chi connectivity index (χ1v) is 9.51. The first-order chi connectivity index (χ1) is 12.1. The highest BCUT2D eigenvalue weighted by Crippen LogP contribution is 2.29. The van der Waals surface area contributed by atoms with Crippen molar-refractivity contribution >= 4 is 44.7 Å². The van der Waals surface area contributed by atoms with E-state index in [9.17, 15) is 4.79 Å². The Morgan fingerprint density at radius 2 is 2.16 bits per heavy atom. The zero-order valence-electron chi connectivity index (χ0n) is 13.7. The number of rotatable bonds is 4. The lowest BCUT2D eigenvalue weighted by Gasteiger charge is -2.01. The smallest absolute Gasteiger partial charge is 0.232 e. The highest BCUT2D eigenvalue weighted by Gasteiger charge is 2.16. The molecule has 0 aliphatic rings. The molecule has 3 heterocycles. The number of anilines is 1. The van der Waals surface area contributed by atoms with Crippen LogP contribution in [0.1, 0.15) is 16.8 Å². The predicted octanol–water partition coefficient (Wildman–Crippen LogP) is 4.81. The van der Waals surface area contributed by atoms with Gasteiger partial charge in [0.05, 0.1) is 17.0 Å². The predicted molar refractivity (Wildman–Crippen MR) is 101 cm³/mol. The second kappa shape index (κ2) is 6.42. The van der Waals surface area contributed by atoms with Crippen LogP contribution in [0.25, 0.3) is 21.5 Å². The lowest BCUT2D eigenvalue weighted by molar-refractivity contribution is -0.115. The van der Waals surface area contributed by atoms with Crippen LogP contribution in [0.3, 0.4) is 0 Å². The topological polar surface area (TPSA) is 68.0 Å². The number of carbonyl (C=O) groups excluding carboxylic acids is 1. The Labute approximate surface area is 152 Å². The lowest BCUT2D eigenvalue weighted by Crippen LogP contribution is -2.14. The molecule has 5 nitrogen and oxygen atoms in total. The Bertz CT molecular complexity index is 1050. The Morgan fingerprint density at radius 1 is 1.28 bits per heavy atom. The molecule has 7 heteroatoms. The van der Waals surface area contributed by atoms with E-state index in [4.69, 9.17) is 4.52 Å². The van der Waals surface area contributed by atoms with E-state index in [-0.39, 0.29) is 12.3 Å². The second-order valence-electron chi connectivity index (χ2n) is 5.82. The van der Waals surface area contributed by atoms with Gasteiger partial charge < -0.3 is 9.84 Å². The summed E-state index contributed by atoms with van der Waals surface area (Å²) >= 11 is 3.04. The minimum atomic E-state index is -0.151. The van der Waals surface area contributed by atoms with Gasteiger partial charge in [0.25, 0.3) is 0 Å². The minimum absolute atomic E-state index is 0.151. The number of aryl methyl sites for hydroxylation is 2. The third-order valence-corrected chi connectivity index (χ3v) is 5.49. The van der Waals surface area contributed by atoms with E-state index in [0.717, 1.165) is 32.7 Å². The van der Waals surface area contributed by atoms with Crippen LogP contribution in [0.4, 0.5) is 5.13 Å². The number of benzene rings is 1. The standard InChI is InChI=1S/C18H15N3O2S2/c1-10-6-11(2)17-12(21-23-14(17)7-10)8-16(22)20-18-19-13(9-25-18)15-4-3-5-24-15/h3-7,9H,8H2,1-2H3,(H,19,20,22). The Balaban J connectivity index is 1.51. The zero-order valence-corrected chi connectivity index (χ0v) is 15.3. The number of aromatic nitrogens is 2. The SMILES string of the molecule is Cc1cc(C)c2c(CC(=O)Nc3nc(-c4cccs4)cs3)noc2c1. The summed E-state index contributed by atoms with van der Waals surface area (Å²) in [5.74, 6) is -0.151. The second-order valence-corrected chi connectivity index (χ2v) is 7.63. The van der Waals surface area contributed by atoms with Crippen molar-refractivity contribution in [2.75, 3.05) is 5.32 Å². The van der Waals surface area contributed by atoms with E-state index < -0.39 is 0 Å². The molecule has 3 aromatic heterocycles. The van der Waals surface area contributed by atoms with Crippen LogP contribution >= 0.6 is 22.7 Å². The molecule has 1 aromatic carbocycles. The molecule has 0 aliphatic carbocycles. The lowest BCUT2D eigenvalue weighted by atomic mass is 10.0. The molecule has 0 saturated carbocycles. The molecule has 0 fully saturated rings. The van der Waals surface area contributed by atoms with Crippen LogP contribution in [0.15, 0.2) is 39.5 Å². The van der Waals surface area contributed by atoms with Crippen molar-refractivity contribution < 1.29 is 9.32 Å². The quantitative estimate of drug-likeness (QED) is 0.560. The van der Waals surface area contributed by atoms with Gasteiger partial charge in [0.1, 0.15) is 5.69 Å². The van der Waals surface area contributed by atoms with Gasteiger partial charge in [-0.1, -0.05) is 17.3 Å². The third-order valence-electron chi connectivity index (χ3n) is 3.84. The highest BCUT2D eigenvalue weighted by molar-refractivity contribution is 7.16. The molecule has 0 saturated heterocycles. The molecule has 0 aliphatic heterocycles. The summed E-state index contributed by atoms with van der Waals surface area (Å²) in [5.41, 5.74) is 4.43. The van der Waals surface area contributed by atoms with Crippen LogP contribution in [0, 0.1) is 13.8 Å². The summed E-state index contributed by atoms with van der Waals surface area (Å²) in [6, 6.07) is 7.99. The van der Waals surface area contributed by atoms with Crippen molar-refractivity contribution in [2.24, 2.45) is 0 Å². The van der Waals surface area contributed by atoms with Crippen molar-refractivity contribution in [3.63, 3.8) is 0 Å². The molecule has 4 rings (SSSR count). The van der Waals surface area contributed by atoms with Crippen molar-refractivity contribution in [1.29, 1.82) is 0 Å². The summed E-state index contributed by atoms with van der Waals surface area (Å²) < 4.78 is 5.37. The number of thiazole rings is 1. The first-order valence-electron chi connectivity index (χ1n) is 7.75. The van der Waals surface area contributed by atoms with E-state index in [0.29, 0.717) is 10.8 Å². The maximum absolute atomic E-state index is 12.4. The normalized spacial score (nSPS) is 11.1. The Hall–Kier alpha value is -2.51. The van der Waals surface area contributed by atoms with Gasteiger partial charge in [0.2, 0.25) is 5.91 Å². The molecule has 1 amide bonds. The maximum Gasteiger partial charge on any atom is 0.232 e. The van der Waals surface area contributed by atoms with Crippen molar-refractivity contribution in [3.05, 3.63) is 51.8 Å². The van der Waals surface area contributed by atoms with E-state index in [1.807, 2.05) is 42.8 Å². The molecular formula is C18H15N3O2S2. The average molecular weight is 369 g/mol. The average Bonchev–Trinajstić information content (AvgIpc) is 3.27. The van der Waals surface area contributed by atoms with Gasteiger partial charge in [-0.15, -0.1) is 22.7 Å². The molecule has 126 valence electrons. The summed E-state index contributed by atoms with van der Waals surface area (Å²) in [6.07, 6.45) is 0.158. The number of nitrogens with one attached hydrogen (secondary N) is 1. The highest BCUT2D eigenvalue weighted by atomic mass is 32.1. The Morgan fingerprint density at radius 3 is 2.96 bits per heavy atom. The fraction of sp³-hybridized carbons (Fsp3) is 0.167. The number of hydrogen-bond acceptors (Lipinski definition) is 6. The van der Waals surface area contributed by atoms with Crippen molar-refractivity contribution in [3.8, 4) is 10.6 Å². The van der Waals surface area contributed by atoms with Crippen LogP contribution in [-0.4, -0.2) is 16.0 Å². The zero-order chi connectivity index (χ0) is 17.4. The molecule has 1 N–H and O–H groups in total. The molecule has 0 unspecified atom stereocenters. The van der Waals surface area contributed by atoms with Gasteiger partial charge in [0.15, 0.2) is 10.7 Å². The van der Waals surface area contributed by atoms with Gasteiger partial charge in [-0.3, -0.25) is 4.79 Å². The summed E-state index contributed by atoms with van der Waals surface area (Å²) in [7, 11) is 0. The van der Waals surface area contributed by atoms with Crippen LogP contribution < -0.4 is 5.32 Å². The van der Waals surface area contributed by atoms with E-state index >= 15 is 0 Å². The van der Waals surface area contributed by atoms with Gasteiger partial charge in [0, 0.05) is 10.8 Å². The molecule has 4 aromatic rings. The fourth-order valence-corrected chi connectivity index (χ4v) is 4.31. The fourth-order valence-electron chi connectivity index (χ4n) is 2.83. The number of amides is 1. The van der Waals surface area contributed by atoms with Crippen LogP contribution in [0.2, 0.25) is 0 Å². The summed E-state index contributed by atoms with van der Waals surface area (Å²) in [5, 5.41) is 12.4. The summed E-state index contributed by atoms with van der Waals surface area (Å²) in [4.78, 5) is 17.9. The number of carbonyl (C=O) groups is 1. The summed E-state index contributed by atoms with van der Waals surface area (Å²) in [6.45, 7) is 4.01. The van der Waals surface area contributed by atoms with E-state index in [1.165, 1.54) is 11.3 Å². The monoisotopic (exact) mass is 369 g/mol. The van der Waals surface area contributed by atoms with Gasteiger partial charge in [-0.25, -0.2) is 4.98 Å². The minimum Gasteiger partial charge on any atom is -0.356 e. The molecule has 25 heavy (non-hydrogen) atoms. The number of fused-ring (bicyclic) bond motifs is 1. The Kier molecular flexibility index (Phi) is 4.10.